The lowest BCUT2D eigenvalue weighted by Gasteiger charge is -2.13. The number of allylic oxidation sites excluding steroid dienone is 1. The molecule has 0 heterocycles. The molecule has 2 nitrogen and oxygen atoms in total. The van der Waals surface area contributed by atoms with Crippen LogP contribution in [0.1, 0.15) is 37.7 Å². The predicted molar refractivity (Wildman–Crippen MR) is 79.3 cm³/mol. The maximum atomic E-state index is 11.8. The van der Waals surface area contributed by atoms with Gasteiger partial charge in [-0.05, 0) is 43.7 Å². The third kappa shape index (κ3) is 4.71. The average Bonchev–Trinajstić information content (AvgIpc) is 2.43. The van der Waals surface area contributed by atoms with Crippen LogP contribution in [-0.2, 0) is 11.2 Å². The Morgan fingerprint density at radius 1 is 1.26 bits per heavy atom. The van der Waals surface area contributed by atoms with Gasteiger partial charge in [-0.2, -0.15) is 0 Å². The summed E-state index contributed by atoms with van der Waals surface area (Å²) in [5, 5.41) is 3.63. The predicted octanol–water partition coefficient (Wildman–Crippen LogP) is 3.89. The zero-order chi connectivity index (χ0) is 13.5. The molecular formula is C16H20ClNO. The van der Waals surface area contributed by atoms with Gasteiger partial charge in [0.25, 0.3) is 0 Å². The van der Waals surface area contributed by atoms with Gasteiger partial charge in [-0.1, -0.05) is 41.4 Å². The van der Waals surface area contributed by atoms with Crippen LogP contribution in [0.2, 0.25) is 5.02 Å². The Bertz CT molecular complexity index is 468. The molecule has 0 saturated heterocycles. The van der Waals surface area contributed by atoms with Crippen molar-refractivity contribution < 1.29 is 4.79 Å². The highest BCUT2D eigenvalue weighted by molar-refractivity contribution is 6.31. The van der Waals surface area contributed by atoms with Crippen molar-refractivity contribution in [1.29, 1.82) is 0 Å². The van der Waals surface area contributed by atoms with E-state index in [1.807, 2.05) is 24.3 Å². The lowest BCUT2D eigenvalue weighted by atomic mass is 9.97. The van der Waals surface area contributed by atoms with E-state index in [0.29, 0.717) is 11.4 Å². The Morgan fingerprint density at radius 3 is 2.84 bits per heavy atom. The minimum Gasteiger partial charge on any atom is -0.355 e. The Labute approximate surface area is 119 Å². The molecule has 1 aliphatic carbocycles. The number of hydrogen-bond acceptors (Lipinski definition) is 1. The van der Waals surface area contributed by atoms with E-state index in [0.717, 1.165) is 18.5 Å². The van der Waals surface area contributed by atoms with Crippen LogP contribution >= 0.6 is 11.6 Å². The van der Waals surface area contributed by atoms with Crippen LogP contribution in [-0.4, -0.2) is 12.5 Å². The molecule has 1 aromatic rings. The molecule has 2 rings (SSSR count). The van der Waals surface area contributed by atoms with Crippen molar-refractivity contribution in [2.45, 2.75) is 38.5 Å². The summed E-state index contributed by atoms with van der Waals surface area (Å²) in [5.74, 6) is 0.0458. The largest absolute Gasteiger partial charge is 0.355 e. The summed E-state index contributed by atoms with van der Waals surface area (Å²) < 4.78 is 0. The third-order valence-electron chi connectivity index (χ3n) is 3.46. The number of halogens is 1. The van der Waals surface area contributed by atoms with Gasteiger partial charge in [-0.25, -0.2) is 0 Å². The van der Waals surface area contributed by atoms with E-state index in [-0.39, 0.29) is 5.91 Å². The van der Waals surface area contributed by atoms with Crippen molar-refractivity contribution in [2.24, 2.45) is 0 Å². The van der Waals surface area contributed by atoms with Crippen LogP contribution < -0.4 is 5.32 Å². The Morgan fingerprint density at radius 2 is 2.11 bits per heavy atom. The van der Waals surface area contributed by atoms with Gasteiger partial charge >= 0.3 is 0 Å². The normalized spacial score (nSPS) is 14.9. The number of benzene rings is 1. The molecule has 102 valence electrons. The zero-order valence-corrected chi connectivity index (χ0v) is 11.9. The molecule has 0 saturated carbocycles. The second-order valence-electron chi connectivity index (χ2n) is 4.98. The maximum Gasteiger partial charge on any atom is 0.224 e. The summed E-state index contributed by atoms with van der Waals surface area (Å²) in [5.41, 5.74) is 2.38. The molecule has 1 aromatic carbocycles. The van der Waals surface area contributed by atoms with Crippen LogP contribution in [0.3, 0.4) is 0 Å². The number of amides is 1. The molecular weight excluding hydrogens is 258 g/mol. The van der Waals surface area contributed by atoms with Crippen molar-refractivity contribution >= 4 is 17.5 Å². The lowest BCUT2D eigenvalue weighted by Crippen LogP contribution is -2.26. The van der Waals surface area contributed by atoms with E-state index in [9.17, 15) is 4.79 Å². The van der Waals surface area contributed by atoms with E-state index in [4.69, 9.17) is 11.6 Å². The van der Waals surface area contributed by atoms with Crippen molar-refractivity contribution in [3.8, 4) is 0 Å². The highest BCUT2D eigenvalue weighted by Gasteiger charge is 2.07. The van der Waals surface area contributed by atoms with Crippen LogP contribution in [0.15, 0.2) is 35.9 Å². The number of rotatable bonds is 5. The highest BCUT2D eigenvalue weighted by Crippen LogP contribution is 2.19. The van der Waals surface area contributed by atoms with E-state index in [1.165, 1.54) is 31.3 Å². The van der Waals surface area contributed by atoms with Crippen molar-refractivity contribution in [1.82, 2.24) is 5.32 Å². The van der Waals surface area contributed by atoms with Crippen molar-refractivity contribution in [2.75, 3.05) is 6.54 Å². The first kappa shape index (κ1) is 14.1. The van der Waals surface area contributed by atoms with E-state index in [1.54, 1.807) is 0 Å². The monoisotopic (exact) mass is 277 g/mol. The van der Waals surface area contributed by atoms with Gasteiger partial charge < -0.3 is 5.32 Å². The Kier molecular flexibility index (Phi) is 5.46. The topological polar surface area (TPSA) is 29.1 Å². The SMILES string of the molecule is O=C(Cc1ccccc1Cl)NCCC1=CCCCC1. The molecule has 0 unspecified atom stereocenters. The van der Waals surface area contributed by atoms with Gasteiger partial charge in [0.1, 0.15) is 0 Å². The highest BCUT2D eigenvalue weighted by atomic mass is 35.5. The van der Waals surface area contributed by atoms with Gasteiger partial charge in [-0.15, -0.1) is 0 Å². The van der Waals surface area contributed by atoms with Crippen LogP contribution in [0.25, 0.3) is 0 Å². The molecule has 0 bridgehead atoms. The summed E-state index contributed by atoms with van der Waals surface area (Å²) in [6.07, 6.45) is 8.65. The molecule has 19 heavy (non-hydrogen) atoms. The molecule has 1 aliphatic rings. The minimum absolute atomic E-state index is 0.0458. The molecule has 0 spiro atoms. The standard InChI is InChI=1S/C16H20ClNO/c17-15-9-5-4-8-14(15)12-16(19)18-11-10-13-6-2-1-3-7-13/h4-6,8-9H,1-3,7,10-12H2,(H,18,19). The first-order valence-corrected chi connectivity index (χ1v) is 7.31. The summed E-state index contributed by atoms with van der Waals surface area (Å²) in [6.45, 7) is 0.731. The zero-order valence-electron chi connectivity index (χ0n) is 11.1. The average molecular weight is 278 g/mol. The molecule has 0 aromatic heterocycles. The third-order valence-corrected chi connectivity index (χ3v) is 3.83. The van der Waals surface area contributed by atoms with Crippen LogP contribution in [0.5, 0.6) is 0 Å². The molecule has 1 N–H and O–H groups in total. The number of carbonyl (C=O) groups excluding carboxylic acids is 1. The first-order chi connectivity index (χ1) is 9.25. The smallest absolute Gasteiger partial charge is 0.224 e. The molecule has 0 aliphatic heterocycles. The maximum absolute atomic E-state index is 11.8. The van der Waals surface area contributed by atoms with Gasteiger partial charge in [0, 0.05) is 11.6 Å². The van der Waals surface area contributed by atoms with Gasteiger partial charge in [0.05, 0.1) is 6.42 Å². The van der Waals surface area contributed by atoms with Crippen molar-refractivity contribution in [3.05, 3.63) is 46.5 Å². The molecule has 0 fully saturated rings. The lowest BCUT2D eigenvalue weighted by molar-refractivity contribution is -0.120. The van der Waals surface area contributed by atoms with Gasteiger partial charge in [0.2, 0.25) is 5.91 Å². The van der Waals surface area contributed by atoms with Gasteiger partial charge in [-0.3, -0.25) is 4.79 Å². The fourth-order valence-electron chi connectivity index (χ4n) is 2.37. The molecule has 0 atom stereocenters. The second kappa shape index (κ2) is 7.34. The van der Waals surface area contributed by atoms with E-state index in [2.05, 4.69) is 11.4 Å². The summed E-state index contributed by atoms with van der Waals surface area (Å²) >= 11 is 6.03. The number of hydrogen-bond donors (Lipinski definition) is 1. The fraction of sp³-hybridized carbons (Fsp3) is 0.438. The number of nitrogens with one attached hydrogen (secondary N) is 1. The molecule has 1 amide bonds. The van der Waals surface area contributed by atoms with Crippen LogP contribution in [0, 0.1) is 0 Å². The van der Waals surface area contributed by atoms with E-state index >= 15 is 0 Å². The van der Waals surface area contributed by atoms with Gasteiger partial charge in [0.15, 0.2) is 0 Å². The second-order valence-corrected chi connectivity index (χ2v) is 5.38. The first-order valence-electron chi connectivity index (χ1n) is 6.94. The molecule has 3 heteroatoms. The Hall–Kier alpha value is -1.28. The van der Waals surface area contributed by atoms with Crippen molar-refractivity contribution in [3.63, 3.8) is 0 Å². The summed E-state index contributed by atoms with van der Waals surface area (Å²) in [6, 6.07) is 7.49. The minimum atomic E-state index is 0.0458. The quantitative estimate of drug-likeness (QED) is 0.813. The summed E-state index contributed by atoms with van der Waals surface area (Å²) in [7, 11) is 0. The fourth-order valence-corrected chi connectivity index (χ4v) is 2.57. The van der Waals surface area contributed by atoms with E-state index < -0.39 is 0 Å². The summed E-state index contributed by atoms with van der Waals surface area (Å²) in [4.78, 5) is 11.8. The Balaban J connectivity index is 1.73. The number of carbonyl (C=O) groups is 1. The van der Waals surface area contributed by atoms with Crippen LogP contribution in [0.4, 0.5) is 0 Å². The molecule has 0 radical (unpaired) electrons.